The van der Waals surface area contributed by atoms with Crippen LogP contribution in [0.2, 0.25) is 0 Å². The third kappa shape index (κ3) is 3.91. The number of hydrogen-bond donors (Lipinski definition) is 1. The van der Waals surface area contributed by atoms with Crippen LogP contribution >= 0.6 is 15.9 Å². The second kappa shape index (κ2) is 6.46. The Balaban J connectivity index is 2.87. The molecule has 18 heavy (non-hydrogen) atoms. The molecule has 1 aliphatic heterocycles. The van der Waals surface area contributed by atoms with Gasteiger partial charge in [0.25, 0.3) is 10.2 Å². The molecular formula is C10H15BrN2O4S. The van der Waals surface area contributed by atoms with Crippen LogP contribution in [-0.2, 0) is 15.0 Å². The molecule has 0 aliphatic carbocycles. The average Bonchev–Trinajstić information content (AvgIpc) is 2.28. The van der Waals surface area contributed by atoms with Gasteiger partial charge in [-0.3, -0.25) is 4.79 Å². The second-order valence-corrected chi connectivity index (χ2v) is 6.69. The maximum atomic E-state index is 12.2. The molecule has 0 aromatic heterocycles. The monoisotopic (exact) mass is 338 g/mol. The molecule has 6 nitrogen and oxygen atoms in total. The highest BCUT2D eigenvalue weighted by Crippen LogP contribution is 2.20. The molecule has 0 bridgehead atoms. The van der Waals surface area contributed by atoms with Gasteiger partial charge in [-0.2, -0.15) is 17.0 Å². The first-order valence-electron chi connectivity index (χ1n) is 5.30. The summed E-state index contributed by atoms with van der Waals surface area (Å²) in [5, 5.41) is 8.74. The molecule has 0 saturated carbocycles. The van der Waals surface area contributed by atoms with E-state index in [9.17, 15) is 13.2 Å². The van der Waals surface area contributed by atoms with E-state index < -0.39 is 22.7 Å². The van der Waals surface area contributed by atoms with E-state index in [2.05, 4.69) is 22.5 Å². The zero-order valence-corrected chi connectivity index (χ0v) is 12.2. The predicted octanol–water partition coefficient (Wildman–Crippen LogP) is 0.788. The van der Waals surface area contributed by atoms with Crippen molar-refractivity contribution in [3.63, 3.8) is 0 Å². The number of hydrogen-bond acceptors (Lipinski definition) is 3. The molecule has 0 spiro atoms. The molecular weight excluding hydrogens is 324 g/mol. The zero-order chi connectivity index (χ0) is 13.8. The molecule has 0 radical (unpaired) electrons. The number of rotatable bonds is 6. The first-order chi connectivity index (χ1) is 8.37. The van der Waals surface area contributed by atoms with E-state index in [1.54, 1.807) is 6.08 Å². The minimum absolute atomic E-state index is 0.0178. The predicted molar refractivity (Wildman–Crippen MR) is 71.5 cm³/mol. The molecule has 0 fully saturated rings. The molecule has 0 unspecified atom stereocenters. The van der Waals surface area contributed by atoms with Crippen LogP contribution < -0.4 is 0 Å². The average molecular weight is 339 g/mol. The van der Waals surface area contributed by atoms with E-state index in [0.29, 0.717) is 13.0 Å². The first kappa shape index (κ1) is 15.4. The molecule has 1 aliphatic rings. The molecule has 0 atom stereocenters. The maximum absolute atomic E-state index is 12.2. The van der Waals surface area contributed by atoms with Crippen LogP contribution in [-0.4, -0.2) is 54.3 Å². The van der Waals surface area contributed by atoms with Crippen LogP contribution in [0.4, 0.5) is 0 Å². The van der Waals surface area contributed by atoms with Gasteiger partial charge in [-0.05, 0) is 10.9 Å². The minimum Gasteiger partial charge on any atom is -0.480 e. The van der Waals surface area contributed by atoms with E-state index in [-0.39, 0.29) is 13.1 Å². The van der Waals surface area contributed by atoms with Crippen molar-refractivity contribution in [3.8, 4) is 0 Å². The lowest BCUT2D eigenvalue weighted by Gasteiger charge is -2.29. The van der Waals surface area contributed by atoms with Gasteiger partial charge in [0.15, 0.2) is 0 Å². The van der Waals surface area contributed by atoms with Crippen molar-refractivity contribution >= 4 is 32.1 Å². The molecule has 1 N–H and O–H groups in total. The van der Waals surface area contributed by atoms with Gasteiger partial charge < -0.3 is 5.11 Å². The summed E-state index contributed by atoms with van der Waals surface area (Å²) >= 11 is 3.31. The van der Waals surface area contributed by atoms with Crippen LogP contribution in [0.3, 0.4) is 0 Å². The fourth-order valence-corrected chi connectivity index (χ4v) is 3.33. The van der Waals surface area contributed by atoms with Crippen LogP contribution in [0.25, 0.3) is 0 Å². The summed E-state index contributed by atoms with van der Waals surface area (Å²) in [6.45, 7) is 3.45. The molecule has 1 rings (SSSR count). The molecule has 0 amide bonds. The van der Waals surface area contributed by atoms with Crippen molar-refractivity contribution in [2.75, 3.05) is 26.2 Å². The minimum atomic E-state index is -3.76. The molecule has 0 saturated heterocycles. The molecule has 0 aromatic carbocycles. The highest BCUT2D eigenvalue weighted by molar-refractivity contribution is 9.11. The fourth-order valence-electron chi connectivity index (χ4n) is 1.53. The maximum Gasteiger partial charge on any atom is 0.318 e. The molecule has 1 heterocycles. The molecule has 0 aromatic rings. The third-order valence-electron chi connectivity index (χ3n) is 2.41. The Hall–Kier alpha value is -0.700. The van der Waals surface area contributed by atoms with Crippen LogP contribution in [0.15, 0.2) is 23.2 Å². The summed E-state index contributed by atoms with van der Waals surface area (Å²) in [5.41, 5.74) is 0. The Morgan fingerprint density at radius 1 is 1.67 bits per heavy atom. The first-order valence-corrected chi connectivity index (χ1v) is 7.49. The topological polar surface area (TPSA) is 77.9 Å². The standard InChI is InChI=1S/C10H15BrN2O4S/c1-2-5-13(8-10(14)15)18(16,17)12-6-3-9(11)4-7-12/h2-3H,1,4-8H2,(H,14,15). The van der Waals surface area contributed by atoms with E-state index in [1.165, 1.54) is 10.4 Å². The van der Waals surface area contributed by atoms with Crippen molar-refractivity contribution in [1.29, 1.82) is 0 Å². The van der Waals surface area contributed by atoms with Crippen LogP contribution in [0.5, 0.6) is 0 Å². The Morgan fingerprint density at radius 3 is 2.78 bits per heavy atom. The summed E-state index contributed by atoms with van der Waals surface area (Å²) in [6, 6.07) is 0. The van der Waals surface area contributed by atoms with Gasteiger partial charge in [0.2, 0.25) is 0 Å². The summed E-state index contributed by atoms with van der Waals surface area (Å²) < 4.78 is 27.5. The quantitative estimate of drug-likeness (QED) is 0.726. The zero-order valence-electron chi connectivity index (χ0n) is 9.75. The van der Waals surface area contributed by atoms with Crippen molar-refractivity contribution in [2.45, 2.75) is 6.42 Å². The second-order valence-electron chi connectivity index (χ2n) is 3.74. The third-order valence-corrected chi connectivity index (χ3v) is 5.05. The van der Waals surface area contributed by atoms with E-state index in [1.807, 2.05) is 0 Å². The Kier molecular flexibility index (Phi) is 5.51. The summed E-state index contributed by atoms with van der Waals surface area (Å²) in [7, 11) is -3.76. The van der Waals surface area contributed by atoms with Crippen LogP contribution in [0.1, 0.15) is 6.42 Å². The van der Waals surface area contributed by atoms with E-state index in [4.69, 9.17) is 5.11 Å². The lowest BCUT2D eigenvalue weighted by atomic mass is 10.3. The molecule has 8 heteroatoms. The Labute approximate surface area is 115 Å². The van der Waals surface area contributed by atoms with Crippen LogP contribution in [0, 0.1) is 0 Å². The lowest BCUT2D eigenvalue weighted by molar-refractivity contribution is -0.137. The summed E-state index contributed by atoms with van der Waals surface area (Å²) in [5.74, 6) is -1.19. The van der Waals surface area contributed by atoms with Gasteiger partial charge >= 0.3 is 5.97 Å². The van der Waals surface area contributed by atoms with Crippen molar-refractivity contribution in [2.24, 2.45) is 0 Å². The van der Waals surface area contributed by atoms with Crippen molar-refractivity contribution in [1.82, 2.24) is 8.61 Å². The number of nitrogens with zero attached hydrogens (tertiary/aromatic N) is 2. The van der Waals surface area contributed by atoms with Gasteiger partial charge in [-0.15, -0.1) is 6.58 Å². The number of carboxylic acid groups (broad SMARTS) is 1. The highest BCUT2D eigenvalue weighted by Gasteiger charge is 2.30. The number of carboxylic acids is 1. The smallest absolute Gasteiger partial charge is 0.318 e. The van der Waals surface area contributed by atoms with Gasteiger partial charge in [-0.25, -0.2) is 0 Å². The Morgan fingerprint density at radius 2 is 2.33 bits per heavy atom. The van der Waals surface area contributed by atoms with Crippen molar-refractivity contribution < 1.29 is 18.3 Å². The number of halogens is 1. The highest BCUT2D eigenvalue weighted by atomic mass is 79.9. The Bertz CT molecular complexity index is 460. The van der Waals surface area contributed by atoms with Gasteiger partial charge in [0.1, 0.15) is 6.54 Å². The van der Waals surface area contributed by atoms with Gasteiger partial charge in [-0.1, -0.05) is 28.1 Å². The van der Waals surface area contributed by atoms with E-state index in [0.717, 1.165) is 8.79 Å². The lowest BCUT2D eigenvalue weighted by Crippen LogP contribution is -2.47. The van der Waals surface area contributed by atoms with Crippen molar-refractivity contribution in [3.05, 3.63) is 23.2 Å². The largest absolute Gasteiger partial charge is 0.480 e. The van der Waals surface area contributed by atoms with Gasteiger partial charge in [0, 0.05) is 19.6 Å². The van der Waals surface area contributed by atoms with E-state index >= 15 is 0 Å². The molecule has 102 valence electrons. The summed E-state index contributed by atoms with van der Waals surface area (Å²) in [4.78, 5) is 10.7. The number of aliphatic carboxylic acids is 1. The summed E-state index contributed by atoms with van der Waals surface area (Å²) in [6.07, 6.45) is 3.72. The SMILES string of the molecule is C=CCN(CC(=O)O)S(=O)(=O)N1CC=C(Br)CC1. The number of carbonyl (C=O) groups is 1. The fraction of sp³-hybridized carbons (Fsp3) is 0.500. The normalized spacial score (nSPS) is 17.6. The van der Waals surface area contributed by atoms with Gasteiger partial charge in [0.05, 0.1) is 0 Å².